The molecule has 2 rings (SSSR count). The van der Waals surface area contributed by atoms with Crippen LogP contribution in [0.1, 0.15) is 11.7 Å². The lowest BCUT2D eigenvalue weighted by Gasteiger charge is -2.13. The summed E-state index contributed by atoms with van der Waals surface area (Å²) < 4.78 is 10.6. The number of anilines is 1. The lowest BCUT2D eigenvalue weighted by molar-refractivity contribution is 0.108. The molecule has 100 valence electrons. The van der Waals surface area contributed by atoms with E-state index in [1.165, 1.54) is 0 Å². The summed E-state index contributed by atoms with van der Waals surface area (Å²) in [6.45, 7) is 0.163. The van der Waals surface area contributed by atoms with Crippen LogP contribution in [-0.4, -0.2) is 18.8 Å². The van der Waals surface area contributed by atoms with Gasteiger partial charge in [-0.1, -0.05) is 18.2 Å². The lowest BCUT2D eigenvalue weighted by Crippen LogP contribution is -2.09. The fourth-order valence-corrected chi connectivity index (χ4v) is 1.72. The maximum absolute atomic E-state index is 10.1. The summed E-state index contributed by atoms with van der Waals surface area (Å²) >= 11 is 0. The third kappa shape index (κ3) is 3.63. The largest absolute Gasteiger partial charge is 0.497 e. The van der Waals surface area contributed by atoms with Crippen LogP contribution in [-0.2, 0) is 0 Å². The maximum Gasteiger partial charge on any atom is 0.121 e. The van der Waals surface area contributed by atoms with Gasteiger partial charge >= 0.3 is 0 Å². The summed E-state index contributed by atoms with van der Waals surface area (Å²) in [7, 11) is 1.59. The first-order valence-electron chi connectivity index (χ1n) is 5.99. The maximum atomic E-state index is 10.1. The van der Waals surface area contributed by atoms with Gasteiger partial charge in [-0.3, -0.25) is 0 Å². The Morgan fingerprint density at radius 2 is 1.84 bits per heavy atom. The molecule has 0 amide bonds. The average Bonchev–Trinajstić information content (AvgIpc) is 2.45. The van der Waals surface area contributed by atoms with E-state index in [0.29, 0.717) is 17.2 Å². The molecule has 19 heavy (non-hydrogen) atoms. The quantitative estimate of drug-likeness (QED) is 0.809. The molecule has 0 bridgehead atoms. The number of aliphatic hydroxyl groups is 1. The van der Waals surface area contributed by atoms with Crippen LogP contribution in [0.25, 0.3) is 0 Å². The molecule has 0 aliphatic carbocycles. The fraction of sp³-hybridized carbons (Fsp3) is 0.200. The van der Waals surface area contributed by atoms with Crippen molar-refractivity contribution in [3.8, 4) is 11.5 Å². The first-order chi connectivity index (χ1) is 9.19. The molecular formula is C15H17NO3. The molecule has 2 aromatic carbocycles. The summed E-state index contributed by atoms with van der Waals surface area (Å²) in [5.74, 6) is 1.35. The number of aliphatic hydroxyl groups excluding tert-OH is 1. The molecular weight excluding hydrogens is 242 g/mol. The summed E-state index contributed by atoms with van der Waals surface area (Å²) in [4.78, 5) is 0. The van der Waals surface area contributed by atoms with Crippen molar-refractivity contribution >= 4 is 5.69 Å². The number of nitrogens with two attached hydrogens (primary N) is 1. The predicted octanol–water partition coefficient (Wildman–Crippen LogP) is 2.39. The van der Waals surface area contributed by atoms with Gasteiger partial charge in [-0.15, -0.1) is 0 Å². The first-order valence-corrected chi connectivity index (χ1v) is 5.99. The SMILES string of the molecule is COc1cccc(C(O)COc2cccc(N)c2)c1. The Morgan fingerprint density at radius 3 is 2.58 bits per heavy atom. The number of hydrogen-bond donors (Lipinski definition) is 2. The van der Waals surface area contributed by atoms with E-state index in [1.807, 2.05) is 24.3 Å². The molecule has 0 radical (unpaired) electrons. The van der Waals surface area contributed by atoms with Gasteiger partial charge in [-0.25, -0.2) is 0 Å². The Kier molecular flexibility index (Phi) is 4.26. The molecule has 0 heterocycles. The van der Waals surface area contributed by atoms with E-state index in [9.17, 15) is 5.11 Å². The Hall–Kier alpha value is -2.20. The number of hydrogen-bond acceptors (Lipinski definition) is 4. The van der Waals surface area contributed by atoms with Gasteiger partial charge in [-0.05, 0) is 29.8 Å². The number of rotatable bonds is 5. The predicted molar refractivity (Wildman–Crippen MR) is 74.3 cm³/mol. The first kappa shape index (κ1) is 13.2. The molecule has 0 fully saturated rings. The second kappa shape index (κ2) is 6.11. The van der Waals surface area contributed by atoms with E-state index in [2.05, 4.69) is 0 Å². The summed E-state index contributed by atoms with van der Waals surface area (Å²) in [6, 6.07) is 14.4. The normalized spacial score (nSPS) is 11.9. The van der Waals surface area contributed by atoms with E-state index in [4.69, 9.17) is 15.2 Å². The van der Waals surface area contributed by atoms with E-state index < -0.39 is 6.10 Å². The number of methoxy groups -OCH3 is 1. The van der Waals surface area contributed by atoms with Crippen molar-refractivity contribution in [2.45, 2.75) is 6.10 Å². The highest BCUT2D eigenvalue weighted by Crippen LogP contribution is 2.21. The minimum Gasteiger partial charge on any atom is -0.497 e. The van der Waals surface area contributed by atoms with Crippen LogP contribution in [0.4, 0.5) is 5.69 Å². The second-order valence-electron chi connectivity index (χ2n) is 4.18. The number of ether oxygens (including phenoxy) is 2. The summed E-state index contributed by atoms with van der Waals surface area (Å²) in [6.07, 6.45) is -0.712. The van der Waals surface area contributed by atoms with Crippen molar-refractivity contribution in [3.63, 3.8) is 0 Å². The van der Waals surface area contributed by atoms with Gasteiger partial charge in [0.15, 0.2) is 0 Å². The van der Waals surface area contributed by atoms with Crippen LogP contribution in [0.2, 0.25) is 0 Å². The molecule has 0 spiro atoms. The van der Waals surface area contributed by atoms with Gasteiger partial charge in [0.1, 0.15) is 24.2 Å². The molecule has 0 saturated heterocycles. The topological polar surface area (TPSA) is 64.7 Å². The van der Waals surface area contributed by atoms with Crippen molar-refractivity contribution in [2.24, 2.45) is 0 Å². The van der Waals surface area contributed by atoms with Crippen molar-refractivity contribution in [1.82, 2.24) is 0 Å². The van der Waals surface area contributed by atoms with Gasteiger partial charge in [-0.2, -0.15) is 0 Å². The molecule has 0 saturated carbocycles. The van der Waals surface area contributed by atoms with Crippen molar-refractivity contribution in [2.75, 3.05) is 19.5 Å². The number of nitrogen functional groups attached to an aromatic ring is 1. The smallest absolute Gasteiger partial charge is 0.121 e. The standard InChI is InChI=1S/C15H17NO3/c1-18-13-6-2-4-11(8-13)15(17)10-19-14-7-3-5-12(16)9-14/h2-9,15,17H,10,16H2,1H3. The monoisotopic (exact) mass is 259 g/mol. The zero-order chi connectivity index (χ0) is 13.7. The van der Waals surface area contributed by atoms with Crippen molar-refractivity contribution in [3.05, 3.63) is 54.1 Å². The van der Waals surface area contributed by atoms with Crippen LogP contribution in [0.15, 0.2) is 48.5 Å². The highest BCUT2D eigenvalue weighted by Gasteiger charge is 2.09. The summed E-state index contributed by atoms with van der Waals surface area (Å²) in [5, 5.41) is 10.1. The zero-order valence-electron chi connectivity index (χ0n) is 10.7. The van der Waals surface area contributed by atoms with E-state index in [0.717, 1.165) is 5.56 Å². The number of benzene rings is 2. The molecule has 3 N–H and O–H groups in total. The molecule has 0 aliphatic rings. The van der Waals surface area contributed by atoms with E-state index >= 15 is 0 Å². The van der Waals surface area contributed by atoms with Gasteiger partial charge < -0.3 is 20.3 Å². The Morgan fingerprint density at radius 1 is 1.11 bits per heavy atom. The van der Waals surface area contributed by atoms with Crippen LogP contribution in [0.5, 0.6) is 11.5 Å². The van der Waals surface area contributed by atoms with Crippen LogP contribution >= 0.6 is 0 Å². The molecule has 4 nitrogen and oxygen atoms in total. The lowest BCUT2D eigenvalue weighted by atomic mass is 10.1. The van der Waals surface area contributed by atoms with Gasteiger partial charge in [0.05, 0.1) is 7.11 Å². The van der Waals surface area contributed by atoms with Crippen LogP contribution < -0.4 is 15.2 Å². The van der Waals surface area contributed by atoms with Crippen molar-refractivity contribution in [1.29, 1.82) is 0 Å². The van der Waals surface area contributed by atoms with Crippen LogP contribution in [0, 0.1) is 0 Å². The fourth-order valence-electron chi connectivity index (χ4n) is 1.72. The van der Waals surface area contributed by atoms with Crippen LogP contribution in [0.3, 0.4) is 0 Å². The van der Waals surface area contributed by atoms with Gasteiger partial charge in [0.2, 0.25) is 0 Å². The van der Waals surface area contributed by atoms with E-state index in [-0.39, 0.29) is 6.61 Å². The highest BCUT2D eigenvalue weighted by molar-refractivity contribution is 5.43. The second-order valence-corrected chi connectivity index (χ2v) is 4.18. The molecule has 1 atom stereocenters. The third-order valence-electron chi connectivity index (χ3n) is 2.74. The molecule has 4 heteroatoms. The minimum atomic E-state index is -0.712. The van der Waals surface area contributed by atoms with Crippen molar-refractivity contribution < 1.29 is 14.6 Å². The van der Waals surface area contributed by atoms with E-state index in [1.54, 1.807) is 31.4 Å². The Balaban J connectivity index is 1.99. The molecule has 2 aromatic rings. The zero-order valence-corrected chi connectivity index (χ0v) is 10.7. The van der Waals surface area contributed by atoms with Gasteiger partial charge in [0, 0.05) is 11.8 Å². The Labute approximate surface area is 112 Å². The molecule has 0 aliphatic heterocycles. The Bertz CT molecular complexity index is 542. The summed E-state index contributed by atoms with van der Waals surface area (Å²) in [5.41, 5.74) is 7.04. The molecule has 0 aromatic heterocycles. The minimum absolute atomic E-state index is 0.163. The highest BCUT2D eigenvalue weighted by atomic mass is 16.5. The average molecular weight is 259 g/mol. The van der Waals surface area contributed by atoms with Gasteiger partial charge in [0.25, 0.3) is 0 Å². The molecule has 1 unspecified atom stereocenters. The third-order valence-corrected chi connectivity index (χ3v) is 2.74.